The number of amides is 1. The molecule has 0 N–H and O–H groups in total. The van der Waals surface area contributed by atoms with Gasteiger partial charge in [0.2, 0.25) is 0 Å². The Morgan fingerprint density at radius 2 is 1.93 bits per heavy atom. The summed E-state index contributed by atoms with van der Waals surface area (Å²) >= 11 is 1.36. The SMILES string of the molecule is COc1cc(-c2nc(C(=O)N(C)C(C)C)cs2)ccc1OCc1ccc(F)cc1F. The molecule has 0 fully saturated rings. The van der Waals surface area contributed by atoms with Gasteiger partial charge >= 0.3 is 0 Å². The van der Waals surface area contributed by atoms with Crippen molar-refractivity contribution in [2.45, 2.75) is 26.5 Å². The lowest BCUT2D eigenvalue weighted by molar-refractivity contribution is 0.0750. The zero-order valence-electron chi connectivity index (χ0n) is 17.1. The maximum Gasteiger partial charge on any atom is 0.273 e. The van der Waals surface area contributed by atoms with Crippen molar-refractivity contribution in [3.63, 3.8) is 0 Å². The molecule has 0 aliphatic carbocycles. The second-order valence-corrected chi connectivity index (χ2v) is 7.80. The number of hydrogen-bond acceptors (Lipinski definition) is 5. The van der Waals surface area contributed by atoms with Crippen molar-refractivity contribution in [1.29, 1.82) is 0 Å². The molecule has 1 aromatic heterocycles. The maximum atomic E-state index is 13.8. The van der Waals surface area contributed by atoms with Gasteiger partial charge in [-0.2, -0.15) is 0 Å². The van der Waals surface area contributed by atoms with E-state index in [9.17, 15) is 13.6 Å². The number of carbonyl (C=O) groups excluding carboxylic acids is 1. The Morgan fingerprint density at radius 3 is 2.60 bits per heavy atom. The number of thiazole rings is 1. The Balaban J connectivity index is 1.78. The quantitative estimate of drug-likeness (QED) is 0.518. The number of rotatable bonds is 7. The van der Waals surface area contributed by atoms with Gasteiger partial charge in [-0.3, -0.25) is 4.79 Å². The van der Waals surface area contributed by atoms with E-state index in [1.54, 1.807) is 35.5 Å². The topological polar surface area (TPSA) is 51.7 Å². The number of halogens is 2. The van der Waals surface area contributed by atoms with Crippen molar-refractivity contribution in [2.75, 3.05) is 14.2 Å². The van der Waals surface area contributed by atoms with Crippen molar-refractivity contribution in [3.05, 3.63) is 64.7 Å². The van der Waals surface area contributed by atoms with E-state index >= 15 is 0 Å². The Hall–Kier alpha value is -3.00. The number of carbonyl (C=O) groups is 1. The minimum absolute atomic E-state index is 0.0702. The third kappa shape index (κ3) is 4.76. The second kappa shape index (κ2) is 9.21. The summed E-state index contributed by atoms with van der Waals surface area (Å²) in [5.41, 5.74) is 1.39. The molecule has 0 bridgehead atoms. The van der Waals surface area contributed by atoms with Crippen molar-refractivity contribution in [2.24, 2.45) is 0 Å². The van der Waals surface area contributed by atoms with Crippen LogP contribution in [-0.4, -0.2) is 36.0 Å². The van der Waals surface area contributed by atoms with Gasteiger partial charge in [0.05, 0.1) is 7.11 Å². The van der Waals surface area contributed by atoms with Crippen molar-refractivity contribution < 1.29 is 23.0 Å². The summed E-state index contributed by atoms with van der Waals surface area (Å²) in [4.78, 5) is 18.5. The smallest absolute Gasteiger partial charge is 0.273 e. The van der Waals surface area contributed by atoms with Gasteiger partial charge in [0.15, 0.2) is 11.5 Å². The second-order valence-electron chi connectivity index (χ2n) is 6.94. The number of aromatic nitrogens is 1. The Morgan fingerprint density at radius 1 is 1.17 bits per heavy atom. The van der Waals surface area contributed by atoms with Crippen LogP contribution in [0.1, 0.15) is 29.9 Å². The highest BCUT2D eigenvalue weighted by atomic mass is 32.1. The van der Waals surface area contributed by atoms with Crippen LogP contribution in [0.25, 0.3) is 10.6 Å². The molecule has 158 valence electrons. The molecule has 1 heterocycles. The molecule has 0 atom stereocenters. The van der Waals surface area contributed by atoms with E-state index in [4.69, 9.17) is 9.47 Å². The molecule has 5 nitrogen and oxygen atoms in total. The molecule has 0 radical (unpaired) electrons. The first-order valence-electron chi connectivity index (χ1n) is 9.28. The maximum absolute atomic E-state index is 13.8. The summed E-state index contributed by atoms with van der Waals surface area (Å²) in [7, 11) is 3.24. The average molecular weight is 432 g/mol. The summed E-state index contributed by atoms with van der Waals surface area (Å²) in [5, 5.41) is 2.40. The van der Waals surface area contributed by atoms with Crippen LogP contribution in [0.15, 0.2) is 41.8 Å². The molecule has 1 amide bonds. The molecular formula is C22H22F2N2O3S. The average Bonchev–Trinajstić information content (AvgIpc) is 3.22. The fraction of sp³-hybridized carbons (Fsp3) is 0.273. The largest absolute Gasteiger partial charge is 0.493 e. The van der Waals surface area contributed by atoms with Crippen LogP contribution in [-0.2, 0) is 6.61 Å². The first-order chi connectivity index (χ1) is 14.3. The minimum atomic E-state index is -0.670. The van der Waals surface area contributed by atoms with E-state index in [-0.39, 0.29) is 24.1 Å². The van der Waals surface area contributed by atoms with E-state index in [2.05, 4.69) is 4.98 Å². The summed E-state index contributed by atoms with van der Waals surface area (Å²) in [6, 6.07) is 8.64. The van der Waals surface area contributed by atoms with Crippen molar-refractivity contribution >= 4 is 17.2 Å². The van der Waals surface area contributed by atoms with Crippen LogP contribution in [0, 0.1) is 11.6 Å². The lowest BCUT2D eigenvalue weighted by Gasteiger charge is -2.20. The van der Waals surface area contributed by atoms with Gasteiger partial charge < -0.3 is 14.4 Å². The zero-order chi connectivity index (χ0) is 21.8. The van der Waals surface area contributed by atoms with Crippen LogP contribution >= 0.6 is 11.3 Å². The molecule has 0 spiro atoms. The van der Waals surface area contributed by atoms with Crippen LogP contribution < -0.4 is 9.47 Å². The molecule has 30 heavy (non-hydrogen) atoms. The minimum Gasteiger partial charge on any atom is -0.493 e. The van der Waals surface area contributed by atoms with Crippen LogP contribution in [0.5, 0.6) is 11.5 Å². The molecule has 0 saturated carbocycles. The molecule has 0 aliphatic heterocycles. The van der Waals surface area contributed by atoms with Gasteiger partial charge in [0, 0.05) is 35.7 Å². The number of benzene rings is 2. The van der Waals surface area contributed by atoms with E-state index in [1.165, 1.54) is 30.6 Å². The molecule has 0 aliphatic rings. The van der Waals surface area contributed by atoms with Crippen LogP contribution in [0.3, 0.4) is 0 Å². The van der Waals surface area contributed by atoms with E-state index in [1.807, 2.05) is 13.8 Å². The lowest BCUT2D eigenvalue weighted by Crippen LogP contribution is -2.33. The number of methoxy groups -OCH3 is 1. The zero-order valence-corrected chi connectivity index (χ0v) is 17.9. The predicted molar refractivity (Wildman–Crippen MR) is 112 cm³/mol. The van der Waals surface area contributed by atoms with Gasteiger partial charge in [0.1, 0.15) is 28.9 Å². The summed E-state index contributed by atoms with van der Waals surface area (Å²) in [5.74, 6) is -0.591. The normalized spacial score (nSPS) is 10.9. The highest BCUT2D eigenvalue weighted by Crippen LogP contribution is 2.34. The molecule has 3 rings (SSSR count). The summed E-state index contributed by atoms with van der Waals surface area (Å²) < 4.78 is 37.9. The van der Waals surface area contributed by atoms with E-state index in [0.717, 1.165) is 11.6 Å². The van der Waals surface area contributed by atoms with Crippen LogP contribution in [0.4, 0.5) is 8.78 Å². The monoisotopic (exact) mass is 432 g/mol. The summed E-state index contributed by atoms with van der Waals surface area (Å²) in [6.45, 7) is 3.80. The predicted octanol–water partition coefficient (Wildman–Crippen LogP) is 5.16. The standard InChI is InChI=1S/C22H22F2N2O3S/c1-13(2)26(3)22(27)18-12-30-21(25-18)14-6-8-19(20(9-14)28-4)29-11-15-5-7-16(23)10-17(15)24/h5-10,12-13H,11H2,1-4H3. The fourth-order valence-electron chi connectivity index (χ4n) is 2.63. The molecule has 2 aromatic carbocycles. The van der Waals surface area contributed by atoms with Crippen molar-refractivity contribution in [3.8, 4) is 22.1 Å². The molecule has 3 aromatic rings. The lowest BCUT2D eigenvalue weighted by atomic mass is 10.2. The molecular weight excluding hydrogens is 410 g/mol. The van der Waals surface area contributed by atoms with Crippen molar-refractivity contribution in [1.82, 2.24) is 9.88 Å². The number of nitrogens with zero attached hydrogens (tertiary/aromatic N) is 2. The van der Waals surface area contributed by atoms with Gasteiger partial charge in [-0.05, 0) is 44.2 Å². The van der Waals surface area contributed by atoms with Gasteiger partial charge in [0.25, 0.3) is 5.91 Å². The molecule has 0 unspecified atom stereocenters. The molecule has 0 saturated heterocycles. The first-order valence-corrected chi connectivity index (χ1v) is 10.2. The Bertz CT molecular complexity index is 1050. The van der Waals surface area contributed by atoms with E-state index < -0.39 is 11.6 Å². The van der Waals surface area contributed by atoms with Gasteiger partial charge in [-0.15, -0.1) is 11.3 Å². The Labute approximate surface area is 177 Å². The highest BCUT2D eigenvalue weighted by molar-refractivity contribution is 7.13. The van der Waals surface area contributed by atoms with E-state index in [0.29, 0.717) is 22.2 Å². The highest BCUT2D eigenvalue weighted by Gasteiger charge is 2.19. The molecule has 8 heteroatoms. The number of hydrogen-bond donors (Lipinski definition) is 0. The number of ether oxygens (including phenoxy) is 2. The Kier molecular flexibility index (Phi) is 6.66. The first kappa shape index (κ1) is 21.7. The third-order valence-electron chi connectivity index (χ3n) is 4.63. The fourth-order valence-corrected chi connectivity index (χ4v) is 3.42. The summed E-state index contributed by atoms with van der Waals surface area (Å²) in [6.07, 6.45) is 0. The van der Waals surface area contributed by atoms with Gasteiger partial charge in [-0.25, -0.2) is 13.8 Å². The third-order valence-corrected chi connectivity index (χ3v) is 5.52. The van der Waals surface area contributed by atoms with Crippen LogP contribution in [0.2, 0.25) is 0 Å². The van der Waals surface area contributed by atoms with Gasteiger partial charge in [-0.1, -0.05) is 0 Å².